The average Bonchev–Trinajstić information content (AvgIpc) is 3.52. The molecule has 4 aromatic rings. The summed E-state index contributed by atoms with van der Waals surface area (Å²) in [6.07, 6.45) is 3.43. The van der Waals surface area contributed by atoms with Crippen molar-refractivity contribution in [3.8, 4) is 16.8 Å². The minimum atomic E-state index is -0.203. The predicted molar refractivity (Wildman–Crippen MR) is 133 cm³/mol. The maximum Gasteiger partial charge on any atom is 0.261 e. The Hall–Kier alpha value is -3.47. The van der Waals surface area contributed by atoms with Crippen molar-refractivity contribution in [1.29, 1.82) is 0 Å². The fourth-order valence-corrected chi connectivity index (χ4v) is 4.84. The van der Waals surface area contributed by atoms with E-state index in [1.165, 1.54) is 11.3 Å². The molecule has 4 heterocycles. The zero-order chi connectivity index (χ0) is 23.5. The number of carbonyl (C=O) groups excluding carboxylic acids is 1. The van der Waals surface area contributed by atoms with Crippen molar-refractivity contribution in [1.82, 2.24) is 30.6 Å². The van der Waals surface area contributed by atoms with Gasteiger partial charge in [-0.2, -0.15) is 0 Å². The van der Waals surface area contributed by atoms with Crippen LogP contribution in [0.3, 0.4) is 0 Å². The van der Waals surface area contributed by atoms with Crippen LogP contribution in [0.2, 0.25) is 4.34 Å². The SMILES string of the molecule is O=C(NCc1cn(-c2ccc(-c3ccc[nH]c3=O)cc2N2CCNCC2)nn1)c1ccc(Cl)s1. The van der Waals surface area contributed by atoms with Crippen molar-refractivity contribution in [2.75, 3.05) is 31.1 Å². The van der Waals surface area contributed by atoms with Crippen molar-refractivity contribution in [2.45, 2.75) is 6.54 Å². The third kappa shape index (κ3) is 4.74. The van der Waals surface area contributed by atoms with Gasteiger partial charge in [0.25, 0.3) is 11.5 Å². The van der Waals surface area contributed by atoms with Gasteiger partial charge in [0.05, 0.1) is 33.3 Å². The number of nitrogens with zero attached hydrogens (tertiary/aromatic N) is 4. The monoisotopic (exact) mass is 495 g/mol. The summed E-state index contributed by atoms with van der Waals surface area (Å²) < 4.78 is 2.28. The highest BCUT2D eigenvalue weighted by Gasteiger charge is 2.18. The van der Waals surface area contributed by atoms with Gasteiger partial charge in [-0.3, -0.25) is 9.59 Å². The van der Waals surface area contributed by atoms with E-state index in [4.69, 9.17) is 11.6 Å². The largest absolute Gasteiger partial charge is 0.367 e. The first-order valence-electron chi connectivity index (χ1n) is 10.8. The van der Waals surface area contributed by atoms with E-state index in [0.29, 0.717) is 20.5 Å². The molecule has 1 aliphatic heterocycles. The molecular weight excluding hydrogens is 474 g/mol. The summed E-state index contributed by atoms with van der Waals surface area (Å²) in [5.74, 6) is -0.203. The maximum atomic E-state index is 12.3. The zero-order valence-corrected chi connectivity index (χ0v) is 19.7. The fourth-order valence-electron chi connectivity index (χ4n) is 3.88. The van der Waals surface area contributed by atoms with E-state index in [1.807, 2.05) is 30.3 Å². The molecule has 11 heteroatoms. The second kappa shape index (κ2) is 9.80. The Balaban J connectivity index is 1.42. The molecule has 3 N–H and O–H groups in total. The molecule has 0 saturated carbocycles. The summed E-state index contributed by atoms with van der Waals surface area (Å²) in [6.45, 7) is 3.66. The van der Waals surface area contributed by atoms with Crippen LogP contribution in [0.25, 0.3) is 16.8 Å². The van der Waals surface area contributed by atoms with Crippen molar-refractivity contribution in [2.24, 2.45) is 0 Å². The number of pyridine rings is 1. The average molecular weight is 496 g/mol. The second-order valence-corrected chi connectivity index (χ2v) is 9.51. The molecule has 0 atom stereocenters. The number of thiophene rings is 1. The Morgan fingerprint density at radius 3 is 2.76 bits per heavy atom. The highest BCUT2D eigenvalue weighted by molar-refractivity contribution is 7.17. The van der Waals surface area contributed by atoms with Gasteiger partial charge in [0.15, 0.2) is 0 Å². The van der Waals surface area contributed by atoms with Crippen LogP contribution in [0.1, 0.15) is 15.4 Å². The molecule has 9 nitrogen and oxygen atoms in total. The Kier molecular flexibility index (Phi) is 6.43. The minimum Gasteiger partial charge on any atom is -0.367 e. The van der Waals surface area contributed by atoms with Crippen LogP contribution in [0.5, 0.6) is 0 Å². The number of carbonyl (C=O) groups is 1. The number of benzene rings is 1. The standard InChI is InChI=1S/C23H22ClN7O2S/c24-21-6-5-20(34-21)23(33)27-13-16-14-31(29-28-16)18-4-3-15(17-2-1-7-26-22(17)32)12-19(18)30-10-8-25-9-11-30/h1-7,12,14,25H,8-11,13H2,(H,26,32)(H,27,33). The number of piperazine rings is 1. The molecule has 0 spiro atoms. The molecule has 174 valence electrons. The van der Waals surface area contributed by atoms with Gasteiger partial charge in [-0.25, -0.2) is 4.68 Å². The Morgan fingerprint density at radius 2 is 2.00 bits per heavy atom. The van der Waals surface area contributed by atoms with Gasteiger partial charge < -0.3 is 20.5 Å². The van der Waals surface area contributed by atoms with Crippen molar-refractivity contribution >= 4 is 34.5 Å². The predicted octanol–water partition coefficient (Wildman–Crippen LogP) is 2.68. The van der Waals surface area contributed by atoms with Crippen LogP contribution >= 0.6 is 22.9 Å². The van der Waals surface area contributed by atoms with E-state index in [0.717, 1.165) is 43.1 Å². The number of hydrogen-bond donors (Lipinski definition) is 3. The van der Waals surface area contributed by atoms with Crippen molar-refractivity contribution in [3.05, 3.63) is 80.1 Å². The number of rotatable bonds is 6. The smallest absolute Gasteiger partial charge is 0.261 e. The minimum absolute atomic E-state index is 0.132. The van der Waals surface area contributed by atoms with Gasteiger partial charge in [-0.05, 0) is 42.0 Å². The Morgan fingerprint density at radius 1 is 1.15 bits per heavy atom. The molecule has 5 rings (SSSR count). The third-order valence-corrected chi connectivity index (χ3v) is 6.81. The van der Waals surface area contributed by atoms with Gasteiger partial charge in [-0.1, -0.05) is 22.9 Å². The summed E-state index contributed by atoms with van der Waals surface area (Å²) in [5, 5.41) is 14.8. The molecule has 0 unspecified atom stereocenters. The summed E-state index contributed by atoms with van der Waals surface area (Å²) in [7, 11) is 0. The summed E-state index contributed by atoms with van der Waals surface area (Å²) >= 11 is 7.14. The molecule has 1 aliphatic rings. The molecule has 1 aromatic carbocycles. The number of aromatic nitrogens is 4. The topological polar surface area (TPSA) is 108 Å². The number of amides is 1. The molecule has 0 aliphatic carbocycles. The van der Waals surface area contributed by atoms with Gasteiger partial charge in [0.2, 0.25) is 0 Å². The van der Waals surface area contributed by atoms with Crippen LogP contribution in [-0.4, -0.2) is 52.1 Å². The van der Waals surface area contributed by atoms with E-state index < -0.39 is 0 Å². The fraction of sp³-hybridized carbons (Fsp3) is 0.217. The quantitative estimate of drug-likeness (QED) is 0.379. The van der Waals surface area contributed by atoms with E-state index in [2.05, 4.69) is 30.8 Å². The first-order chi connectivity index (χ1) is 16.6. The second-order valence-electron chi connectivity index (χ2n) is 7.79. The Labute approximate surface area is 204 Å². The number of H-pyrrole nitrogens is 1. The third-order valence-electron chi connectivity index (χ3n) is 5.58. The molecule has 1 amide bonds. The van der Waals surface area contributed by atoms with Gasteiger partial charge >= 0.3 is 0 Å². The molecular formula is C23H22ClN7O2S. The van der Waals surface area contributed by atoms with Crippen molar-refractivity contribution < 1.29 is 4.79 Å². The number of anilines is 1. The van der Waals surface area contributed by atoms with Crippen LogP contribution in [0.4, 0.5) is 5.69 Å². The normalized spacial score (nSPS) is 13.7. The number of aromatic amines is 1. The molecule has 3 aromatic heterocycles. The van der Waals surface area contributed by atoms with Crippen molar-refractivity contribution in [3.63, 3.8) is 0 Å². The van der Waals surface area contributed by atoms with Crippen LogP contribution in [-0.2, 0) is 6.54 Å². The lowest BCUT2D eigenvalue weighted by molar-refractivity contribution is 0.0954. The van der Waals surface area contributed by atoms with E-state index in [-0.39, 0.29) is 18.0 Å². The van der Waals surface area contributed by atoms with Crippen LogP contribution in [0, 0.1) is 0 Å². The molecule has 1 saturated heterocycles. The lowest BCUT2D eigenvalue weighted by atomic mass is 10.0. The summed E-state index contributed by atoms with van der Waals surface area (Å²) in [4.78, 5) is 30.2. The molecule has 0 radical (unpaired) electrons. The number of hydrogen-bond acceptors (Lipinski definition) is 7. The maximum absolute atomic E-state index is 12.3. The lowest BCUT2D eigenvalue weighted by Crippen LogP contribution is -2.43. The van der Waals surface area contributed by atoms with E-state index in [1.54, 1.807) is 29.2 Å². The summed E-state index contributed by atoms with van der Waals surface area (Å²) in [5.41, 5.74) is 3.77. The highest BCUT2D eigenvalue weighted by Crippen LogP contribution is 2.30. The van der Waals surface area contributed by atoms with Crippen LogP contribution in [0.15, 0.2) is 59.7 Å². The molecule has 34 heavy (non-hydrogen) atoms. The number of halogens is 1. The highest BCUT2D eigenvalue weighted by atomic mass is 35.5. The molecule has 0 bridgehead atoms. The van der Waals surface area contributed by atoms with Gasteiger partial charge in [-0.15, -0.1) is 16.4 Å². The van der Waals surface area contributed by atoms with Gasteiger partial charge in [0.1, 0.15) is 5.69 Å². The first kappa shape index (κ1) is 22.3. The number of nitrogens with one attached hydrogen (secondary N) is 3. The van der Waals surface area contributed by atoms with Crippen LogP contribution < -0.4 is 21.1 Å². The van der Waals surface area contributed by atoms with E-state index >= 15 is 0 Å². The lowest BCUT2D eigenvalue weighted by Gasteiger charge is -2.31. The zero-order valence-electron chi connectivity index (χ0n) is 18.1. The van der Waals surface area contributed by atoms with Gasteiger partial charge in [0, 0.05) is 37.9 Å². The summed E-state index contributed by atoms with van der Waals surface area (Å²) in [6, 6.07) is 12.9. The Bertz CT molecular complexity index is 1370. The van der Waals surface area contributed by atoms with E-state index in [9.17, 15) is 9.59 Å². The first-order valence-corrected chi connectivity index (χ1v) is 12.0. The molecule has 1 fully saturated rings.